The van der Waals surface area contributed by atoms with Gasteiger partial charge in [0.15, 0.2) is 0 Å². The normalized spacial score (nSPS) is 24.4. The van der Waals surface area contributed by atoms with Crippen molar-refractivity contribution in [2.75, 3.05) is 45.8 Å². The first-order valence-corrected chi connectivity index (χ1v) is 9.93. The van der Waals surface area contributed by atoms with Gasteiger partial charge < -0.3 is 15.1 Å². The van der Waals surface area contributed by atoms with Crippen molar-refractivity contribution in [1.29, 1.82) is 0 Å². The van der Waals surface area contributed by atoms with Gasteiger partial charge in [0, 0.05) is 26.1 Å². The van der Waals surface area contributed by atoms with Crippen LogP contribution in [-0.2, 0) is 4.79 Å². The molecule has 0 aromatic heterocycles. The molecular weight excluding hydrogens is 357 g/mol. The van der Waals surface area contributed by atoms with Gasteiger partial charge in [0.25, 0.3) is 0 Å². The van der Waals surface area contributed by atoms with Crippen molar-refractivity contribution in [3.05, 3.63) is 0 Å². The van der Waals surface area contributed by atoms with Crippen molar-refractivity contribution in [1.82, 2.24) is 15.1 Å². The number of hydrogen-bond acceptors (Lipinski definition) is 3. The third-order valence-electron chi connectivity index (χ3n) is 6.37. The second-order valence-corrected chi connectivity index (χ2v) is 8.10. The predicted molar refractivity (Wildman–Crippen MR) is 109 cm³/mol. The highest BCUT2D eigenvalue weighted by molar-refractivity contribution is 5.85. The third-order valence-corrected chi connectivity index (χ3v) is 6.37. The van der Waals surface area contributed by atoms with Crippen molar-refractivity contribution < 1.29 is 4.79 Å². The number of amides is 1. The first-order chi connectivity index (χ1) is 11.2. The number of hydrogen-bond donors (Lipinski definition) is 1. The number of nitrogens with one attached hydrogen (secondary N) is 1. The van der Waals surface area contributed by atoms with Crippen LogP contribution in [-0.4, -0.2) is 61.5 Å². The average Bonchev–Trinajstić information content (AvgIpc) is 3.09. The van der Waals surface area contributed by atoms with Crippen molar-refractivity contribution in [2.45, 2.75) is 51.9 Å². The van der Waals surface area contributed by atoms with Gasteiger partial charge in [-0.05, 0) is 82.5 Å². The smallest absolute Gasteiger partial charge is 0.222 e. The molecule has 0 radical (unpaired) electrons. The molecule has 0 bridgehead atoms. The second-order valence-electron chi connectivity index (χ2n) is 8.10. The first-order valence-electron chi connectivity index (χ1n) is 9.93. The highest BCUT2D eigenvalue weighted by Gasteiger charge is 2.28. The van der Waals surface area contributed by atoms with E-state index in [0.29, 0.717) is 11.8 Å². The monoisotopic (exact) mass is 393 g/mol. The van der Waals surface area contributed by atoms with E-state index in [1.54, 1.807) is 0 Å². The fraction of sp³-hybridized carbons (Fsp3) is 0.947. The Hall–Kier alpha value is -0.0300. The summed E-state index contributed by atoms with van der Waals surface area (Å²) in [6, 6.07) is 0. The molecule has 0 spiro atoms. The number of rotatable bonds is 5. The minimum atomic E-state index is 0. The summed E-state index contributed by atoms with van der Waals surface area (Å²) >= 11 is 0. The molecule has 0 saturated carbocycles. The summed E-state index contributed by atoms with van der Waals surface area (Å²) in [6.45, 7) is 10.4. The van der Waals surface area contributed by atoms with Crippen LogP contribution >= 0.6 is 24.8 Å². The van der Waals surface area contributed by atoms with Crippen molar-refractivity contribution in [2.24, 2.45) is 17.8 Å². The van der Waals surface area contributed by atoms with Crippen LogP contribution in [0.15, 0.2) is 0 Å². The SMILES string of the molecule is CC(CC(=O)N1CCC(CN2CCCC2)CC1)C1CCNCC1.Cl.Cl. The summed E-state index contributed by atoms with van der Waals surface area (Å²) in [4.78, 5) is 17.4. The molecule has 1 unspecified atom stereocenters. The van der Waals surface area contributed by atoms with E-state index in [0.717, 1.165) is 44.4 Å². The Labute approximate surface area is 166 Å². The lowest BCUT2D eigenvalue weighted by Crippen LogP contribution is -2.42. The Morgan fingerprint density at radius 3 is 2.20 bits per heavy atom. The number of halogens is 2. The number of carbonyl (C=O) groups excluding carboxylic acids is 1. The lowest BCUT2D eigenvalue weighted by molar-refractivity contribution is -0.134. The maximum atomic E-state index is 12.6. The summed E-state index contributed by atoms with van der Waals surface area (Å²) in [5.41, 5.74) is 0. The van der Waals surface area contributed by atoms with Gasteiger partial charge in [-0.25, -0.2) is 0 Å². The molecule has 0 aromatic carbocycles. The van der Waals surface area contributed by atoms with E-state index in [-0.39, 0.29) is 24.8 Å². The highest BCUT2D eigenvalue weighted by atomic mass is 35.5. The summed E-state index contributed by atoms with van der Waals surface area (Å²) in [5.74, 6) is 2.52. The topological polar surface area (TPSA) is 35.6 Å². The van der Waals surface area contributed by atoms with E-state index in [1.165, 1.54) is 58.2 Å². The van der Waals surface area contributed by atoms with Crippen molar-refractivity contribution in [3.8, 4) is 0 Å². The fourth-order valence-corrected chi connectivity index (χ4v) is 4.68. The fourth-order valence-electron chi connectivity index (χ4n) is 4.68. The van der Waals surface area contributed by atoms with Crippen LogP contribution in [0.2, 0.25) is 0 Å². The molecule has 3 heterocycles. The van der Waals surface area contributed by atoms with Crippen LogP contribution in [0.1, 0.15) is 51.9 Å². The zero-order valence-electron chi connectivity index (χ0n) is 15.8. The summed E-state index contributed by atoms with van der Waals surface area (Å²) in [7, 11) is 0. The molecule has 3 aliphatic rings. The minimum Gasteiger partial charge on any atom is -0.343 e. The minimum absolute atomic E-state index is 0. The van der Waals surface area contributed by atoms with Gasteiger partial charge in [-0.2, -0.15) is 0 Å². The molecule has 3 fully saturated rings. The van der Waals surface area contributed by atoms with Gasteiger partial charge in [0.05, 0.1) is 0 Å². The van der Waals surface area contributed by atoms with E-state index in [9.17, 15) is 4.79 Å². The van der Waals surface area contributed by atoms with E-state index in [4.69, 9.17) is 0 Å². The molecule has 1 amide bonds. The first kappa shape index (κ1) is 23.0. The van der Waals surface area contributed by atoms with Crippen molar-refractivity contribution >= 4 is 30.7 Å². The van der Waals surface area contributed by atoms with Gasteiger partial charge in [0.1, 0.15) is 0 Å². The molecule has 0 aliphatic carbocycles. The molecule has 3 aliphatic heterocycles. The maximum Gasteiger partial charge on any atom is 0.222 e. The van der Waals surface area contributed by atoms with Crippen molar-refractivity contribution in [3.63, 3.8) is 0 Å². The molecule has 25 heavy (non-hydrogen) atoms. The summed E-state index contributed by atoms with van der Waals surface area (Å²) in [6.07, 6.45) is 8.44. The summed E-state index contributed by atoms with van der Waals surface area (Å²) in [5, 5.41) is 3.42. The van der Waals surface area contributed by atoms with E-state index in [2.05, 4.69) is 22.0 Å². The van der Waals surface area contributed by atoms with Crippen LogP contribution in [0.25, 0.3) is 0 Å². The number of likely N-dealkylation sites (tertiary alicyclic amines) is 2. The maximum absolute atomic E-state index is 12.6. The van der Waals surface area contributed by atoms with Gasteiger partial charge >= 0.3 is 0 Å². The lowest BCUT2D eigenvalue weighted by atomic mass is 9.83. The molecule has 3 rings (SSSR count). The second kappa shape index (κ2) is 11.6. The molecule has 1 atom stereocenters. The van der Waals surface area contributed by atoms with Gasteiger partial charge in [0.2, 0.25) is 5.91 Å². The highest BCUT2D eigenvalue weighted by Crippen LogP contribution is 2.26. The van der Waals surface area contributed by atoms with Gasteiger partial charge in [-0.15, -0.1) is 24.8 Å². The lowest BCUT2D eigenvalue weighted by Gasteiger charge is -2.35. The average molecular weight is 394 g/mol. The Balaban J connectivity index is 0.00000156. The molecule has 4 nitrogen and oxygen atoms in total. The largest absolute Gasteiger partial charge is 0.343 e. The molecular formula is C19H37Cl2N3O. The molecule has 3 saturated heterocycles. The zero-order chi connectivity index (χ0) is 16.1. The number of nitrogens with zero attached hydrogens (tertiary/aromatic N) is 2. The van der Waals surface area contributed by atoms with E-state index < -0.39 is 0 Å². The van der Waals surface area contributed by atoms with Crippen LogP contribution in [0.3, 0.4) is 0 Å². The van der Waals surface area contributed by atoms with Gasteiger partial charge in [-0.3, -0.25) is 4.79 Å². The van der Waals surface area contributed by atoms with Crippen LogP contribution in [0.4, 0.5) is 0 Å². The zero-order valence-corrected chi connectivity index (χ0v) is 17.4. The Bertz CT molecular complexity index is 377. The quantitative estimate of drug-likeness (QED) is 0.778. The molecule has 0 aromatic rings. The number of carbonyl (C=O) groups is 1. The number of piperidine rings is 2. The van der Waals surface area contributed by atoms with Crippen LogP contribution in [0, 0.1) is 17.8 Å². The Morgan fingerprint density at radius 1 is 1.00 bits per heavy atom. The summed E-state index contributed by atoms with van der Waals surface area (Å²) < 4.78 is 0. The van der Waals surface area contributed by atoms with Crippen LogP contribution < -0.4 is 5.32 Å². The van der Waals surface area contributed by atoms with Crippen LogP contribution in [0.5, 0.6) is 0 Å². The molecule has 148 valence electrons. The standard InChI is InChI=1S/C19H35N3O.2ClH/c1-16(18-4-8-20-9-5-18)14-19(23)22-12-6-17(7-13-22)15-21-10-2-3-11-21;;/h16-18,20H,2-15H2,1H3;2*1H. The van der Waals surface area contributed by atoms with E-state index >= 15 is 0 Å². The Morgan fingerprint density at radius 2 is 1.60 bits per heavy atom. The van der Waals surface area contributed by atoms with Gasteiger partial charge in [-0.1, -0.05) is 6.92 Å². The molecule has 1 N–H and O–H groups in total. The van der Waals surface area contributed by atoms with E-state index in [1.807, 2.05) is 0 Å². The third kappa shape index (κ3) is 6.89. The Kier molecular flexibility index (Phi) is 10.7. The molecule has 6 heteroatoms. The predicted octanol–water partition coefficient (Wildman–Crippen LogP) is 3.19.